The van der Waals surface area contributed by atoms with E-state index >= 15 is 0 Å². The van der Waals surface area contributed by atoms with E-state index in [1.54, 1.807) is 46.1 Å². The van der Waals surface area contributed by atoms with Crippen molar-refractivity contribution in [2.24, 2.45) is 7.05 Å². The van der Waals surface area contributed by atoms with Crippen molar-refractivity contribution in [1.29, 1.82) is 0 Å². The fourth-order valence-corrected chi connectivity index (χ4v) is 3.62. The van der Waals surface area contributed by atoms with E-state index in [2.05, 4.69) is 15.2 Å². The number of aromatic nitrogens is 4. The van der Waals surface area contributed by atoms with Gasteiger partial charge in [-0.1, -0.05) is 0 Å². The summed E-state index contributed by atoms with van der Waals surface area (Å²) in [6, 6.07) is 8.88. The van der Waals surface area contributed by atoms with Crippen molar-refractivity contribution in [3.63, 3.8) is 0 Å². The molecule has 0 fully saturated rings. The van der Waals surface area contributed by atoms with E-state index in [4.69, 9.17) is 13.6 Å². The highest BCUT2D eigenvalue weighted by Crippen LogP contribution is 2.39. The number of hydrogen-bond donors (Lipinski definition) is 1. The van der Waals surface area contributed by atoms with Gasteiger partial charge in [-0.15, -0.1) is 10.2 Å². The molecule has 9 nitrogen and oxygen atoms in total. The molecular weight excluding hydrogens is 455 g/mol. The van der Waals surface area contributed by atoms with Crippen LogP contribution in [0.25, 0.3) is 33.7 Å². The Balaban J connectivity index is 1.75. The number of nitrogens with zero attached hydrogens (tertiary/aromatic N) is 4. The fraction of sp³-hybridized carbons (Fsp3) is 0.200. The molecule has 0 amide bonds. The summed E-state index contributed by atoms with van der Waals surface area (Å²) in [6.45, 7) is 4.92. The number of ether oxygens (including phenoxy) is 1. The molecule has 0 aliphatic carbocycles. The first kappa shape index (κ1) is 22.5. The van der Waals surface area contributed by atoms with Crippen LogP contribution in [-0.2, 0) is 12.6 Å². The molecule has 0 saturated carbocycles. The van der Waals surface area contributed by atoms with Gasteiger partial charge in [-0.2, -0.15) is 0 Å². The number of pyridine rings is 2. The predicted molar refractivity (Wildman–Crippen MR) is 124 cm³/mol. The van der Waals surface area contributed by atoms with E-state index in [1.165, 1.54) is 35.0 Å². The number of fused-ring (bicyclic) bond motifs is 1. The van der Waals surface area contributed by atoms with Crippen molar-refractivity contribution in [3.05, 3.63) is 76.4 Å². The molecule has 0 aliphatic heterocycles. The van der Waals surface area contributed by atoms with Gasteiger partial charge < -0.3 is 23.2 Å². The van der Waals surface area contributed by atoms with E-state index < -0.39 is 11.4 Å². The summed E-state index contributed by atoms with van der Waals surface area (Å²) in [4.78, 5) is 17.3. The zero-order valence-corrected chi connectivity index (χ0v) is 19.4. The van der Waals surface area contributed by atoms with E-state index in [-0.39, 0.29) is 28.7 Å². The standard InChI is InChI=1S/C25H21FN4O5/c1-13-28-29-23(33-13)20-10-17-19(12-30(4)24(31)21(17)35-20)18-9-14(25(2,3)32)11-27-22(18)34-16-7-5-15(26)6-8-16/h5-12,32H,1-4H3. The van der Waals surface area contributed by atoms with Crippen molar-refractivity contribution in [2.75, 3.05) is 0 Å². The summed E-state index contributed by atoms with van der Waals surface area (Å²) in [6.07, 6.45) is 3.13. The second-order valence-electron chi connectivity index (χ2n) is 8.63. The second kappa shape index (κ2) is 8.17. The number of benzene rings is 1. The van der Waals surface area contributed by atoms with Crippen molar-refractivity contribution in [3.8, 4) is 34.4 Å². The van der Waals surface area contributed by atoms with Gasteiger partial charge >= 0.3 is 0 Å². The first-order chi connectivity index (χ1) is 16.6. The van der Waals surface area contributed by atoms with Gasteiger partial charge in [0.1, 0.15) is 11.6 Å². The topological polar surface area (TPSA) is 116 Å². The van der Waals surface area contributed by atoms with Gasteiger partial charge in [0.25, 0.3) is 11.4 Å². The van der Waals surface area contributed by atoms with Gasteiger partial charge in [-0.3, -0.25) is 4.79 Å². The van der Waals surface area contributed by atoms with Crippen LogP contribution in [0.3, 0.4) is 0 Å². The molecule has 10 heteroatoms. The minimum Gasteiger partial charge on any atom is -0.445 e. The lowest BCUT2D eigenvalue weighted by Crippen LogP contribution is -2.17. The molecule has 1 aromatic carbocycles. The van der Waals surface area contributed by atoms with E-state index in [1.807, 2.05) is 0 Å². The summed E-state index contributed by atoms with van der Waals surface area (Å²) in [5, 5.41) is 18.9. The van der Waals surface area contributed by atoms with Crippen LogP contribution < -0.4 is 10.3 Å². The molecule has 1 N–H and O–H groups in total. The zero-order valence-electron chi connectivity index (χ0n) is 19.4. The Bertz CT molecular complexity index is 1610. The number of rotatable bonds is 5. The number of hydrogen-bond acceptors (Lipinski definition) is 8. The number of aryl methyl sites for hydroxylation is 2. The van der Waals surface area contributed by atoms with Crippen molar-refractivity contribution < 1.29 is 23.1 Å². The normalized spacial score (nSPS) is 11.8. The monoisotopic (exact) mass is 476 g/mol. The van der Waals surface area contributed by atoms with Crippen LogP contribution in [0.15, 0.2) is 62.4 Å². The molecule has 178 valence electrons. The van der Waals surface area contributed by atoms with Crippen molar-refractivity contribution >= 4 is 11.0 Å². The van der Waals surface area contributed by atoms with Gasteiger partial charge in [0.15, 0.2) is 5.76 Å². The fourth-order valence-electron chi connectivity index (χ4n) is 3.62. The zero-order chi connectivity index (χ0) is 24.9. The Hall–Kier alpha value is -4.31. The number of halogens is 1. The highest BCUT2D eigenvalue weighted by molar-refractivity contribution is 5.96. The lowest BCUT2D eigenvalue weighted by molar-refractivity contribution is 0.0782. The first-order valence-electron chi connectivity index (χ1n) is 10.7. The lowest BCUT2D eigenvalue weighted by Gasteiger charge is -2.20. The molecule has 0 bridgehead atoms. The van der Waals surface area contributed by atoms with Crippen LogP contribution in [0.4, 0.5) is 4.39 Å². The smallest absolute Gasteiger partial charge is 0.293 e. The Morgan fingerprint density at radius 3 is 2.49 bits per heavy atom. The van der Waals surface area contributed by atoms with Crippen LogP contribution in [0, 0.1) is 12.7 Å². The molecule has 0 atom stereocenters. The summed E-state index contributed by atoms with van der Waals surface area (Å²) >= 11 is 0. The van der Waals surface area contributed by atoms with Gasteiger partial charge in [0, 0.05) is 48.4 Å². The molecule has 35 heavy (non-hydrogen) atoms. The second-order valence-corrected chi connectivity index (χ2v) is 8.63. The number of aliphatic hydroxyl groups is 1. The van der Waals surface area contributed by atoms with E-state index in [0.29, 0.717) is 33.7 Å². The minimum atomic E-state index is -1.20. The third-order valence-electron chi connectivity index (χ3n) is 5.47. The molecular formula is C25H21FN4O5. The molecule has 4 heterocycles. The van der Waals surface area contributed by atoms with Crippen LogP contribution in [0.5, 0.6) is 11.6 Å². The quantitative estimate of drug-likeness (QED) is 0.388. The Kier molecular flexibility index (Phi) is 5.25. The average molecular weight is 476 g/mol. The van der Waals surface area contributed by atoms with Crippen molar-refractivity contribution in [2.45, 2.75) is 26.4 Å². The molecule has 0 saturated heterocycles. The maximum atomic E-state index is 13.4. The summed E-state index contributed by atoms with van der Waals surface area (Å²) in [7, 11) is 1.60. The molecule has 0 radical (unpaired) electrons. The SMILES string of the molecule is Cc1nnc(-c2cc3c(-c4cc(C(C)(C)O)cnc4Oc4ccc(F)cc4)cn(C)c(=O)c3o2)o1. The van der Waals surface area contributed by atoms with Crippen LogP contribution >= 0.6 is 0 Å². The van der Waals surface area contributed by atoms with E-state index in [0.717, 1.165) is 0 Å². The van der Waals surface area contributed by atoms with Gasteiger partial charge in [0.2, 0.25) is 17.4 Å². The Labute approximate surface area is 198 Å². The van der Waals surface area contributed by atoms with Gasteiger partial charge in [-0.25, -0.2) is 9.37 Å². The highest BCUT2D eigenvalue weighted by Gasteiger charge is 2.24. The van der Waals surface area contributed by atoms with Crippen molar-refractivity contribution in [1.82, 2.24) is 19.7 Å². The Morgan fingerprint density at radius 1 is 1.09 bits per heavy atom. The lowest BCUT2D eigenvalue weighted by atomic mass is 9.96. The average Bonchev–Trinajstić information content (AvgIpc) is 3.44. The minimum absolute atomic E-state index is 0.0808. The molecule has 0 aliphatic rings. The molecule has 0 spiro atoms. The van der Waals surface area contributed by atoms with Crippen LogP contribution in [0.2, 0.25) is 0 Å². The summed E-state index contributed by atoms with van der Waals surface area (Å²) < 4.78 is 32.0. The van der Waals surface area contributed by atoms with Gasteiger partial charge in [0.05, 0.1) is 5.60 Å². The molecule has 0 unspecified atom stereocenters. The largest absolute Gasteiger partial charge is 0.445 e. The van der Waals surface area contributed by atoms with Gasteiger partial charge in [-0.05, 0) is 50.2 Å². The van der Waals surface area contributed by atoms with Crippen LogP contribution in [0.1, 0.15) is 25.3 Å². The highest BCUT2D eigenvalue weighted by atomic mass is 19.1. The Morgan fingerprint density at radius 2 is 1.83 bits per heavy atom. The molecule has 4 aromatic heterocycles. The maximum Gasteiger partial charge on any atom is 0.293 e. The first-order valence-corrected chi connectivity index (χ1v) is 10.7. The summed E-state index contributed by atoms with van der Waals surface area (Å²) in [5.41, 5.74) is 0.0969. The maximum absolute atomic E-state index is 13.4. The number of furan rings is 1. The predicted octanol–water partition coefficient (Wildman–Crippen LogP) is 4.71. The molecule has 5 aromatic rings. The molecule has 5 rings (SSSR count). The summed E-state index contributed by atoms with van der Waals surface area (Å²) in [5.74, 6) is 0.888. The third kappa shape index (κ3) is 4.19. The third-order valence-corrected chi connectivity index (χ3v) is 5.47. The van der Waals surface area contributed by atoms with Crippen LogP contribution in [-0.4, -0.2) is 24.9 Å². The van der Waals surface area contributed by atoms with E-state index in [9.17, 15) is 14.3 Å².